The lowest BCUT2D eigenvalue weighted by atomic mass is 10.1. The Labute approximate surface area is 138 Å². The smallest absolute Gasteiger partial charge is 0.277 e. The largest absolute Gasteiger partial charge is 0.411 e. The Kier molecular flexibility index (Phi) is 4.76. The molecule has 0 aliphatic carbocycles. The third-order valence-electron chi connectivity index (χ3n) is 3.13. The number of nitrogens with zero attached hydrogens (tertiary/aromatic N) is 4. The molecule has 0 fully saturated rings. The van der Waals surface area contributed by atoms with Crippen LogP contribution in [0.1, 0.15) is 31.1 Å². The summed E-state index contributed by atoms with van der Waals surface area (Å²) < 4.78 is 10.9. The molecule has 120 valence electrons. The molecular weight excluding hydrogens is 312 g/mol. The van der Waals surface area contributed by atoms with Crippen LogP contribution in [0.2, 0.25) is 0 Å². The SMILES string of the molecule is Cc1ccc(-c2nnc(SCc3nc(CC(C)C)no3)o2)cc1. The van der Waals surface area contributed by atoms with Gasteiger partial charge >= 0.3 is 0 Å². The fourth-order valence-electron chi connectivity index (χ4n) is 2.00. The number of thioether (sulfide) groups is 1. The first-order chi connectivity index (χ1) is 11.1. The van der Waals surface area contributed by atoms with Gasteiger partial charge in [0.1, 0.15) is 0 Å². The lowest BCUT2D eigenvalue weighted by Gasteiger charge is -1.96. The number of aromatic nitrogens is 4. The zero-order valence-electron chi connectivity index (χ0n) is 13.3. The first-order valence-corrected chi connectivity index (χ1v) is 8.43. The number of benzene rings is 1. The average molecular weight is 330 g/mol. The minimum Gasteiger partial charge on any atom is -0.411 e. The fraction of sp³-hybridized carbons (Fsp3) is 0.375. The van der Waals surface area contributed by atoms with Gasteiger partial charge in [-0.2, -0.15) is 4.98 Å². The van der Waals surface area contributed by atoms with E-state index in [2.05, 4.69) is 34.2 Å². The van der Waals surface area contributed by atoms with Gasteiger partial charge in [-0.15, -0.1) is 10.2 Å². The van der Waals surface area contributed by atoms with Gasteiger partial charge in [0.25, 0.3) is 5.22 Å². The number of rotatable bonds is 6. The molecule has 7 heteroatoms. The summed E-state index contributed by atoms with van der Waals surface area (Å²) in [6.45, 7) is 6.28. The Bertz CT molecular complexity index is 764. The van der Waals surface area contributed by atoms with E-state index in [1.54, 1.807) is 0 Å². The fourth-order valence-corrected chi connectivity index (χ4v) is 2.60. The molecule has 23 heavy (non-hydrogen) atoms. The van der Waals surface area contributed by atoms with Crippen LogP contribution in [0.15, 0.2) is 38.4 Å². The third-order valence-corrected chi connectivity index (χ3v) is 3.93. The molecular formula is C16H18N4O2S. The zero-order chi connectivity index (χ0) is 16.2. The van der Waals surface area contributed by atoms with Crippen LogP contribution in [0.3, 0.4) is 0 Å². The molecule has 0 aliphatic rings. The first-order valence-electron chi connectivity index (χ1n) is 7.45. The highest BCUT2D eigenvalue weighted by Crippen LogP contribution is 2.25. The maximum atomic E-state index is 5.65. The summed E-state index contributed by atoms with van der Waals surface area (Å²) in [5.41, 5.74) is 2.10. The van der Waals surface area contributed by atoms with Crippen LogP contribution < -0.4 is 0 Å². The predicted octanol–water partition coefficient (Wildman–Crippen LogP) is 3.92. The first kappa shape index (κ1) is 15.7. The Morgan fingerprint density at radius 3 is 2.65 bits per heavy atom. The van der Waals surface area contributed by atoms with E-state index >= 15 is 0 Å². The van der Waals surface area contributed by atoms with Gasteiger partial charge in [-0.05, 0) is 25.0 Å². The average Bonchev–Trinajstić information content (AvgIpc) is 3.14. The van der Waals surface area contributed by atoms with E-state index in [0.717, 1.165) is 17.8 Å². The second kappa shape index (κ2) is 6.95. The minimum absolute atomic E-state index is 0.490. The Morgan fingerprint density at radius 2 is 1.91 bits per heavy atom. The van der Waals surface area contributed by atoms with Crippen molar-refractivity contribution in [2.75, 3.05) is 0 Å². The molecule has 2 heterocycles. The van der Waals surface area contributed by atoms with E-state index in [0.29, 0.717) is 28.7 Å². The van der Waals surface area contributed by atoms with E-state index < -0.39 is 0 Å². The lowest BCUT2D eigenvalue weighted by Crippen LogP contribution is -1.96. The molecule has 0 unspecified atom stereocenters. The number of hydrogen-bond donors (Lipinski definition) is 0. The number of aryl methyl sites for hydroxylation is 1. The molecule has 0 saturated carbocycles. The van der Waals surface area contributed by atoms with Crippen LogP contribution in [0, 0.1) is 12.8 Å². The highest BCUT2D eigenvalue weighted by Gasteiger charge is 2.12. The van der Waals surface area contributed by atoms with Crippen LogP contribution in [0.4, 0.5) is 0 Å². The van der Waals surface area contributed by atoms with Crippen molar-refractivity contribution in [1.82, 2.24) is 20.3 Å². The maximum absolute atomic E-state index is 5.65. The van der Waals surface area contributed by atoms with Gasteiger partial charge in [0.05, 0.1) is 5.75 Å². The van der Waals surface area contributed by atoms with Crippen molar-refractivity contribution in [2.24, 2.45) is 5.92 Å². The molecule has 0 N–H and O–H groups in total. The summed E-state index contributed by atoms with van der Waals surface area (Å²) in [4.78, 5) is 4.35. The normalized spacial score (nSPS) is 11.3. The van der Waals surface area contributed by atoms with Gasteiger partial charge < -0.3 is 8.94 Å². The summed E-state index contributed by atoms with van der Waals surface area (Å²) in [5, 5.41) is 12.6. The zero-order valence-corrected chi connectivity index (χ0v) is 14.1. The van der Waals surface area contributed by atoms with Gasteiger partial charge in [0, 0.05) is 12.0 Å². The molecule has 0 radical (unpaired) electrons. The molecule has 1 aromatic carbocycles. The second-order valence-corrected chi connectivity index (χ2v) is 6.66. The summed E-state index contributed by atoms with van der Waals surface area (Å²) in [6, 6.07) is 7.96. The predicted molar refractivity (Wildman–Crippen MR) is 86.9 cm³/mol. The Balaban J connectivity index is 1.61. The van der Waals surface area contributed by atoms with Crippen molar-refractivity contribution in [3.8, 4) is 11.5 Å². The summed E-state index contributed by atoms with van der Waals surface area (Å²) in [7, 11) is 0. The van der Waals surface area contributed by atoms with Gasteiger partial charge in [0.15, 0.2) is 5.82 Å². The molecule has 2 aromatic heterocycles. The summed E-state index contributed by atoms with van der Waals surface area (Å²) in [5.74, 6) is 2.84. The third kappa shape index (κ3) is 4.19. The molecule has 0 aliphatic heterocycles. The van der Waals surface area contributed by atoms with Crippen molar-refractivity contribution < 1.29 is 8.94 Å². The van der Waals surface area contributed by atoms with Crippen molar-refractivity contribution >= 4 is 11.8 Å². The van der Waals surface area contributed by atoms with Crippen molar-refractivity contribution in [1.29, 1.82) is 0 Å². The summed E-state index contributed by atoms with van der Waals surface area (Å²) >= 11 is 1.39. The van der Waals surface area contributed by atoms with Gasteiger partial charge in [-0.1, -0.05) is 48.5 Å². The highest BCUT2D eigenvalue weighted by molar-refractivity contribution is 7.98. The molecule has 0 atom stereocenters. The highest BCUT2D eigenvalue weighted by atomic mass is 32.2. The molecule has 0 spiro atoms. The van der Waals surface area contributed by atoms with E-state index in [1.807, 2.05) is 31.2 Å². The molecule has 6 nitrogen and oxygen atoms in total. The molecule has 0 amide bonds. The standard InChI is InChI=1S/C16H18N4O2S/c1-10(2)8-13-17-14(22-20-13)9-23-16-19-18-15(21-16)12-6-4-11(3)5-7-12/h4-7,10H,8-9H2,1-3H3. The van der Waals surface area contributed by atoms with Crippen molar-refractivity contribution in [2.45, 2.75) is 38.2 Å². The van der Waals surface area contributed by atoms with Gasteiger partial charge in [-0.25, -0.2) is 0 Å². The van der Waals surface area contributed by atoms with Gasteiger partial charge in [-0.3, -0.25) is 0 Å². The van der Waals surface area contributed by atoms with Crippen molar-refractivity contribution in [3.63, 3.8) is 0 Å². The van der Waals surface area contributed by atoms with E-state index in [4.69, 9.17) is 8.94 Å². The summed E-state index contributed by atoms with van der Waals surface area (Å²) in [6.07, 6.45) is 0.812. The molecule has 0 saturated heterocycles. The van der Waals surface area contributed by atoms with Crippen LogP contribution in [0.5, 0.6) is 0 Å². The molecule has 3 aromatic rings. The monoisotopic (exact) mass is 330 g/mol. The van der Waals surface area contributed by atoms with E-state index in [-0.39, 0.29) is 0 Å². The maximum Gasteiger partial charge on any atom is 0.277 e. The van der Waals surface area contributed by atoms with Crippen LogP contribution in [-0.2, 0) is 12.2 Å². The second-order valence-electron chi connectivity index (χ2n) is 5.73. The van der Waals surface area contributed by atoms with E-state index in [1.165, 1.54) is 17.3 Å². The minimum atomic E-state index is 0.490. The lowest BCUT2D eigenvalue weighted by molar-refractivity contribution is 0.381. The topological polar surface area (TPSA) is 77.8 Å². The molecule has 0 bridgehead atoms. The Morgan fingerprint density at radius 1 is 1.13 bits per heavy atom. The number of hydrogen-bond acceptors (Lipinski definition) is 7. The van der Waals surface area contributed by atoms with Gasteiger partial charge in [0.2, 0.25) is 11.8 Å². The van der Waals surface area contributed by atoms with Crippen molar-refractivity contribution in [3.05, 3.63) is 41.5 Å². The van der Waals surface area contributed by atoms with E-state index in [9.17, 15) is 0 Å². The quantitative estimate of drug-likeness (QED) is 0.634. The Hall–Kier alpha value is -2.15. The van der Waals surface area contributed by atoms with Crippen LogP contribution in [-0.4, -0.2) is 20.3 Å². The van der Waals surface area contributed by atoms with Crippen LogP contribution >= 0.6 is 11.8 Å². The molecule has 3 rings (SSSR count). The van der Waals surface area contributed by atoms with Crippen LogP contribution in [0.25, 0.3) is 11.5 Å².